The van der Waals surface area contributed by atoms with Crippen LogP contribution in [0.1, 0.15) is 79.8 Å². The average molecular weight is 489 g/mol. The lowest BCUT2D eigenvalue weighted by atomic mass is 10.0. The number of aromatic nitrogens is 2. The van der Waals surface area contributed by atoms with E-state index in [0.717, 1.165) is 43.0 Å². The van der Waals surface area contributed by atoms with Crippen molar-refractivity contribution in [2.75, 3.05) is 25.0 Å². The molecular weight excluding hydrogens is 452 g/mol. The van der Waals surface area contributed by atoms with Crippen molar-refractivity contribution >= 4 is 22.6 Å². The van der Waals surface area contributed by atoms with E-state index in [2.05, 4.69) is 27.9 Å². The summed E-state index contributed by atoms with van der Waals surface area (Å²) in [6, 6.07) is 11.8. The monoisotopic (exact) mass is 488 g/mol. The van der Waals surface area contributed by atoms with Gasteiger partial charge in [-0.1, -0.05) is 6.42 Å². The normalized spacial score (nSPS) is 18.3. The van der Waals surface area contributed by atoms with E-state index in [1.165, 1.54) is 30.4 Å². The molecule has 1 saturated heterocycles. The average Bonchev–Trinajstić information content (AvgIpc) is 3.25. The Morgan fingerprint density at radius 3 is 2.56 bits per heavy atom. The van der Waals surface area contributed by atoms with Crippen LogP contribution in [-0.2, 0) is 17.7 Å². The maximum atomic E-state index is 13.0. The van der Waals surface area contributed by atoms with Gasteiger partial charge < -0.3 is 14.6 Å². The van der Waals surface area contributed by atoms with Crippen LogP contribution in [-0.4, -0.2) is 46.6 Å². The Labute approximate surface area is 212 Å². The minimum absolute atomic E-state index is 0.0650. The van der Waals surface area contributed by atoms with Crippen LogP contribution in [0.15, 0.2) is 41.2 Å². The standard InChI is InChI=1S/C29H36N4O3/c1-29(2,3)36-28(35)19-8-11-21(12-9-19)32(4)25-13-10-20-16-24-23(17-22(20)25)27(34)31-26(30-24)18-33-14-6-5-7-15-33/h8-9,11-12,16-17,25H,5-7,10,13-15,18H2,1-4H3,(H,30,31,34). The molecule has 7 heteroatoms. The first-order chi connectivity index (χ1) is 17.2. The van der Waals surface area contributed by atoms with E-state index in [4.69, 9.17) is 9.72 Å². The summed E-state index contributed by atoms with van der Waals surface area (Å²) >= 11 is 0. The van der Waals surface area contributed by atoms with Gasteiger partial charge in [0, 0.05) is 12.7 Å². The molecule has 2 aliphatic rings. The summed E-state index contributed by atoms with van der Waals surface area (Å²) in [7, 11) is 2.07. The molecule has 0 amide bonds. The molecule has 2 heterocycles. The highest BCUT2D eigenvalue weighted by Crippen LogP contribution is 2.39. The maximum absolute atomic E-state index is 13.0. The fourth-order valence-electron chi connectivity index (χ4n) is 5.42. The van der Waals surface area contributed by atoms with Crippen LogP contribution in [0.5, 0.6) is 0 Å². The smallest absolute Gasteiger partial charge is 0.338 e. The van der Waals surface area contributed by atoms with Gasteiger partial charge in [-0.25, -0.2) is 9.78 Å². The topological polar surface area (TPSA) is 78.5 Å². The molecule has 5 rings (SSSR count). The number of piperidine rings is 1. The van der Waals surface area contributed by atoms with E-state index in [1.807, 2.05) is 51.1 Å². The molecule has 1 N–H and O–H groups in total. The summed E-state index contributed by atoms with van der Waals surface area (Å²) in [6.45, 7) is 8.43. The number of esters is 1. The summed E-state index contributed by atoms with van der Waals surface area (Å²) in [4.78, 5) is 37.9. The lowest BCUT2D eigenvalue weighted by molar-refractivity contribution is 0.00695. The second-order valence-electron chi connectivity index (χ2n) is 11.1. The lowest BCUT2D eigenvalue weighted by Gasteiger charge is -2.28. The molecule has 190 valence electrons. The molecule has 0 saturated carbocycles. The molecular formula is C29H36N4O3. The zero-order valence-corrected chi connectivity index (χ0v) is 21.8. The fourth-order valence-corrected chi connectivity index (χ4v) is 5.42. The Bertz CT molecular complexity index is 1320. The molecule has 36 heavy (non-hydrogen) atoms. The number of aryl methyl sites for hydroxylation is 1. The Morgan fingerprint density at radius 2 is 1.86 bits per heavy atom. The molecule has 1 unspecified atom stereocenters. The van der Waals surface area contributed by atoms with Crippen molar-refractivity contribution in [1.82, 2.24) is 14.9 Å². The first-order valence-electron chi connectivity index (χ1n) is 13.0. The highest BCUT2D eigenvalue weighted by molar-refractivity contribution is 5.90. The van der Waals surface area contributed by atoms with Crippen LogP contribution in [0.25, 0.3) is 10.9 Å². The second kappa shape index (κ2) is 9.69. The molecule has 3 aromatic rings. The van der Waals surface area contributed by atoms with Crippen LogP contribution in [0.3, 0.4) is 0 Å². The molecule has 1 aliphatic carbocycles. The second-order valence-corrected chi connectivity index (χ2v) is 11.1. The van der Waals surface area contributed by atoms with E-state index in [9.17, 15) is 9.59 Å². The quantitative estimate of drug-likeness (QED) is 0.510. The summed E-state index contributed by atoms with van der Waals surface area (Å²) < 4.78 is 5.48. The van der Waals surface area contributed by atoms with Gasteiger partial charge in [0.05, 0.1) is 29.1 Å². The van der Waals surface area contributed by atoms with Crippen molar-refractivity contribution in [3.8, 4) is 0 Å². The molecule has 0 spiro atoms. The predicted molar refractivity (Wildman–Crippen MR) is 143 cm³/mol. The van der Waals surface area contributed by atoms with Gasteiger partial charge in [-0.15, -0.1) is 0 Å². The summed E-state index contributed by atoms with van der Waals surface area (Å²) in [5.41, 5.74) is 4.19. The maximum Gasteiger partial charge on any atom is 0.338 e. The number of likely N-dealkylation sites (tertiary alicyclic amines) is 1. The number of H-pyrrole nitrogens is 1. The number of hydrogen-bond acceptors (Lipinski definition) is 6. The highest BCUT2D eigenvalue weighted by Gasteiger charge is 2.28. The molecule has 1 fully saturated rings. The minimum Gasteiger partial charge on any atom is -0.456 e. The van der Waals surface area contributed by atoms with Gasteiger partial charge >= 0.3 is 5.97 Å². The fraction of sp³-hybridized carbons (Fsp3) is 0.483. The SMILES string of the molecule is CN(c1ccc(C(=O)OC(C)(C)C)cc1)C1CCc2cc3nc(CN4CCCCC4)[nH]c(=O)c3cc21. The number of ether oxygens (including phenoxy) is 1. The summed E-state index contributed by atoms with van der Waals surface area (Å²) in [6.07, 6.45) is 5.63. The van der Waals surface area contributed by atoms with Gasteiger partial charge in [-0.2, -0.15) is 0 Å². The number of carbonyl (C=O) groups is 1. The Morgan fingerprint density at radius 1 is 1.14 bits per heavy atom. The molecule has 1 aliphatic heterocycles. The van der Waals surface area contributed by atoms with Gasteiger partial charge in [0.2, 0.25) is 0 Å². The van der Waals surface area contributed by atoms with Crippen LogP contribution in [0, 0.1) is 0 Å². The third kappa shape index (κ3) is 5.16. The van der Waals surface area contributed by atoms with Crippen molar-refractivity contribution < 1.29 is 9.53 Å². The van der Waals surface area contributed by atoms with Crippen molar-refractivity contribution in [1.29, 1.82) is 0 Å². The molecule has 1 aromatic heterocycles. The molecule has 1 atom stereocenters. The van der Waals surface area contributed by atoms with Crippen molar-refractivity contribution in [2.24, 2.45) is 0 Å². The number of rotatable bonds is 5. The van der Waals surface area contributed by atoms with Crippen molar-refractivity contribution in [3.63, 3.8) is 0 Å². The number of anilines is 1. The Kier molecular flexibility index (Phi) is 6.60. The number of aromatic amines is 1. The van der Waals surface area contributed by atoms with E-state index in [0.29, 0.717) is 17.5 Å². The van der Waals surface area contributed by atoms with Gasteiger partial charge in [-0.05, 0) is 107 Å². The summed E-state index contributed by atoms with van der Waals surface area (Å²) in [5, 5.41) is 0.650. The molecule has 0 radical (unpaired) electrons. The van der Waals surface area contributed by atoms with E-state index < -0.39 is 5.60 Å². The third-order valence-corrected chi connectivity index (χ3v) is 7.26. The van der Waals surface area contributed by atoms with Crippen LogP contribution in [0.2, 0.25) is 0 Å². The van der Waals surface area contributed by atoms with Gasteiger partial charge in [0.1, 0.15) is 11.4 Å². The van der Waals surface area contributed by atoms with Crippen molar-refractivity contribution in [3.05, 3.63) is 69.3 Å². The van der Waals surface area contributed by atoms with Crippen molar-refractivity contribution in [2.45, 2.75) is 71.1 Å². The van der Waals surface area contributed by atoms with Crippen LogP contribution in [0.4, 0.5) is 5.69 Å². The number of carbonyl (C=O) groups excluding carboxylic acids is 1. The largest absolute Gasteiger partial charge is 0.456 e. The number of nitrogens with one attached hydrogen (secondary N) is 1. The molecule has 2 aromatic carbocycles. The lowest BCUT2D eigenvalue weighted by Crippen LogP contribution is -2.30. The number of nitrogens with zero attached hydrogens (tertiary/aromatic N) is 3. The Balaban J connectivity index is 1.37. The first kappa shape index (κ1) is 24.5. The number of fused-ring (bicyclic) bond motifs is 2. The van der Waals surface area contributed by atoms with Crippen LogP contribution >= 0.6 is 0 Å². The number of hydrogen-bond donors (Lipinski definition) is 1. The first-order valence-corrected chi connectivity index (χ1v) is 13.0. The van der Waals surface area contributed by atoms with E-state index >= 15 is 0 Å². The predicted octanol–water partition coefficient (Wildman–Crippen LogP) is 4.99. The van der Waals surface area contributed by atoms with E-state index in [1.54, 1.807) is 0 Å². The molecule has 7 nitrogen and oxygen atoms in total. The van der Waals surface area contributed by atoms with E-state index in [-0.39, 0.29) is 17.6 Å². The minimum atomic E-state index is -0.524. The third-order valence-electron chi connectivity index (χ3n) is 7.26. The highest BCUT2D eigenvalue weighted by atomic mass is 16.6. The van der Waals surface area contributed by atoms with Gasteiger partial charge in [0.15, 0.2) is 0 Å². The van der Waals surface area contributed by atoms with Gasteiger partial charge in [-0.3, -0.25) is 9.69 Å². The zero-order valence-electron chi connectivity index (χ0n) is 21.8. The summed E-state index contributed by atoms with van der Waals surface area (Å²) in [5.74, 6) is 0.437. The number of benzene rings is 2. The Hall–Kier alpha value is -3.19. The molecule has 0 bridgehead atoms. The van der Waals surface area contributed by atoms with Crippen LogP contribution < -0.4 is 10.5 Å². The zero-order chi connectivity index (χ0) is 25.4. The van der Waals surface area contributed by atoms with Gasteiger partial charge in [0.25, 0.3) is 5.56 Å².